The Labute approximate surface area is 182 Å². The van der Waals surface area contributed by atoms with E-state index in [4.69, 9.17) is 0 Å². The molecule has 2 saturated heterocycles. The second kappa shape index (κ2) is 9.43. The molecule has 7 nitrogen and oxygen atoms in total. The number of nitrogens with zero attached hydrogens (tertiary/aromatic N) is 1. The van der Waals surface area contributed by atoms with E-state index in [1.807, 2.05) is 0 Å². The Morgan fingerprint density at radius 1 is 0.967 bits per heavy atom. The number of carbonyl (C=O) groups excluding carboxylic acids is 1. The standard InChI is InChI=1S/C22H40N4O3S/c1-15(27)26-12-10-16-5-3-8-20(22(16)26)24-18-9-11-23-21(14-18)25-17-6-4-7-19(13-17)30(2,28)29/h16-25H,3-14H2,1-2H3. The summed E-state index contributed by atoms with van der Waals surface area (Å²) in [6, 6.07) is 1.49. The maximum Gasteiger partial charge on any atom is 0.219 e. The summed E-state index contributed by atoms with van der Waals surface area (Å²) in [5, 5.41) is 11.1. The van der Waals surface area contributed by atoms with Crippen molar-refractivity contribution in [2.45, 2.75) is 107 Å². The second-order valence-corrected chi connectivity index (χ2v) is 12.5. The summed E-state index contributed by atoms with van der Waals surface area (Å²) >= 11 is 0. The highest BCUT2D eigenvalue weighted by Crippen LogP contribution is 2.37. The summed E-state index contributed by atoms with van der Waals surface area (Å²) in [6.07, 6.45) is 12.1. The van der Waals surface area contributed by atoms with E-state index < -0.39 is 9.84 Å². The Kier molecular flexibility index (Phi) is 7.07. The van der Waals surface area contributed by atoms with Crippen molar-refractivity contribution in [3.63, 3.8) is 0 Å². The van der Waals surface area contributed by atoms with Gasteiger partial charge in [0.25, 0.3) is 0 Å². The molecule has 4 rings (SSSR count). The van der Waals surface area contributed by atoms with E-state index in [9.17, 15) is 13.2 Å². The topological polar surface area (TPSA) is 90.5 Å². The molecule has 3 N–H and O–H groups in total. The Bertz CT molecular complexity index is 715. The van der Waals surface area contributed by atoms with E-state index in [0.717, 1.165) is 64.5 Å². The maximum atomic E-state index is 12.1. The summed E-state index contributed by atoms with van der Waals surface area (Å²) in [5.41, 5.74) is 0. The smallest absolute Gasteiger partial charge is 0.219 e. The summed E-state index contributed by atoms with van der Waals surface area (Å²) in [7, 11) is -2.96. The van der Waals surface area contributed by atoms with Crippen LogP contribution < -0.4 is 16.0 Å². The van der Waals surface area contributed by atoms with Crippen LogP contribution in [-0.4, -0.2) is 74.2 Å². The van der Waals surface area contributed by atoms with Crippen molar-refractivity contribution in [2.75, 3.05) is 19.3 Å². The molecule has 0 aromatic carbocycles. The Morgan fingerprint density at radius 3 is 2.50 bits per heavy atom. The van der Waals surface area contributed by atoms with Crippen molar-refractivity contribution in [2.24, 2.45) is 5.92 Å². The Hall–Kier alpha value is -0.700. The quantitative estimate of drug-likeness (QED) is 0.599. The van der Waals surface area contributed by atoms with Gasteiger partial charge in [0.2, 0.25) is 5.91 Å². The van der Waals surface area contributed by atoms with Gasteiger partial charge in [-0.25, -0.2) is 8.42 Å². The first-order valence-electron chi connectivity index (χ1n) is 12.0. The molecule has 7 unspecified atom stereocenters. The molecule has 4 aliphatic rings. The van der Waals surface area contributed by atoms with Gasteiger partial charge in [0.05, 0.1) is 11.4 Å². The zero-order valence-corrected chi connectivity index (χ0v) is 19.4. The minimum Gasteiger partial charge on any atom is -0.338 e. The van der Waals surface area contributed by atoms with Gasteiger partial charge < -0.3 is 15.5 Å². The number of hydrogen-bond donors (Lipinski definition) is 3. The van der Waals surface area contributed by atoms with Crippen molar-refractivity contribution in [1.82, 2.24) is 20.9 Å². The van der Waals surface area contributed by atoms with E-state index >= 15 is 0 Å². The summed E-state index contributed by atoms with van der Waals surface area (Å²) < 4.78 is 24.0. The molecule has 1 amide bonds. The fourth-order valence-electron chi connectivity index (χ4n) is 6.53. The largest absolute Gasteiger partial charge is 0.338 e. The van der Waals surface area contributed by atoms with Crippen molar-refractivity contribution >= 4 is 15.7 Å². The monoisotopic (exact) mass is 440 g/mol. The molecule has 7 atom stereocenters. The lowest BCUT2D eigenvalue weighted by Gasteiger charge is -2.43. The number of rotatable bonds is 5. The predicted molar refractivity (Wildman–Crippen MR) is 119 cm³/mol. The minimum atomic E-state index is -2.96. The zero-order chi connectivity index (χ0) is 21.3. The molecule has 172 valence electrons. The van der Waals surface area contributed by atoms with Gasteiger partial charge in [-0.1, -0.05) is 12.8 Å². The third-order valence-corrected chi connectivity index (χ3v) is 9.65. The van der Waals surface area contributed by atoms with Crippen molar-refractivity contribution in [1.29, 1.82) is 0 Å². The van der Waals surface area contributed by atoms with Crippen molar-refractivity contribution in [3.8, 4) is 0 Å². The molecule has 0 bridgehead atoms. The lowest BCUT2D eigenvalue weighted by atomic mass is 9.80. The third kappa shape index (κ3) is 5.19. The summed E-state index contributed by atoms with van der Waals surface area (Å²) in [4.78, 5) is 14.3. The number of sulfone groups is 1. The number of carbonyl (C=O) groups is 1. The number of hydrogen-bond acceptors (Lipinski definition) is 6. The van der Waals surface area contributed by atoms with Crippen LogP contribution in [0.2, 0.25) is 0 Å². The number of nitrogens with one attached hydrogen (secondary N) is 3. The lowest BCUT2D eigenvalue weighted by Crippen LogP contribution is -2.60. The highest BCUT2D eigenvalue weighted by atomic mass is 32.2. The first-order valence-corrected chi connectivity index (χ1v) is 14.0. The summed E-state index contributed by atoms with van der Waals surface area (Å²) in [6.45, 7) is 3.60. The van der Waals surface area contributed by atoms with Crippen LogP contribution >= 0.6 is 0 Å². The van der Waals surface area contributed by atoms with Crippen LogP contribution in [0, 0.1) is 5.92 Å². The first-order chi connectivity index (χ1) is 14.3. The second-order valence-electron chi connectivity index (χ2n) is 10.2. The number of likely N-dealkylation sites (tertiary alicyclic amines) is 1. The molecule has 0 aromatic heterocycles. The average Bonchev–Trinajstić information content (AvgIpc) is 3.13. The third-order valence-electron chi connectivity index (χ3n) is 8.01. The molecule has 30 heavy (non-hydrogen) atoms. The van der Waals surface area contributed by atoms with E-state index in [1.165, 1.54) is 19.1 Å². The van der Waals surface area contributed by atoms with Crippen molar-refractivity contribution < 1.29 is 13.2 Å². The fourth-order valence-corrected chi connectivity index (χ4v) is 7.71. The van der Waals surface area contributed by atoms with Crippen LogP contribution in [0.25, 0.3) is 0 Å². The molecule has 4 fully saturated rings. The molecule has 2 aliphatic carbocycles. The highest BCUT2D eigenvalue weighted by molar-refractivity contribution is 7.91. The fraction of sp³-hybridized carbons (Fsp3) is 0.955. The predicted octanol–water partition coefficient (Wildman–Crippen LogP) is 1.39. The van der Waals surface area contributed by atoms with Gasteiger partial charge >= 0.3 is 0 Å². The SMILES string of the molecule is CC(=O)N1CCC2CCCC(NC3CCNC(NC4CCCC(S(C)(=O)=O)C4)C3)C21. The van der Waals surface area contributed by atoms with Crippen LogP contribution in [0.5, 0.6) is 0 Å². The molecule has 0 aromatic rings. The number of fused-ring (bicyclic) bond motifs is 1. The van der Waals surface area contributed by atoms with Gasteiger partial charge in [-0.2, -0.15) is 0 Å². The molecular formula is C22H40N4O3S. The lowest BCUT2D eigenvalue weighted by molar-refractivity contribution is -0.131. The minimum absolute atomic E-state index is 0.194. The number of piperidine rings is 1. The molecular weight excluding hydrogens is 400 g/mol. The van der Waals surface area contributed by atoms with E-state index in [2.05, 4.69) is 20.9 Å². The maximum absolute atomic E-state index is 12.1. The Balaban J connectivity index is 1.32. The van der Waals surface area contributed by atoms with Gasteiger partial charge in [0.15, 0.2) is 0 Å². The number of amides is 1. The van der Waals surface area contributed by atoms with Gasteiger partial charge in [0.1, 0.15) is 9.84 Å². The van der Waals surface area contributed by atoms with E-state index in [-0.39, 0.29) is 23.4 Å². The molecule has 0 spiro atoms. The first kappa shape index (κ1) is 22.5. The van der Waals surface area contributed by atoms with Crippen LogP contribution in [-0.2, 0) is 14.6 Å². The zero-order valence-electron chi connectivity index (χ0n) is 18.6. The summed E-state index contributed by atoms with van der Waals surface area (Å²) in [5.74, 6) is 0.879. The van der Waals surface area contributed by atoms with Crippen LogP contribution in [0.1, 0.15) is 71.1 Å². The Morgan fingerprint density at radius 2 is 1.73 bits per heavy atom. The van der Waals surface area contributed by atoms with Crippen molar-refractivity contribution in [3.05, 3.63) is 0 Å². The van der Waals surface area contributed by atoms with E-state index in [1.54, 1.807) is 6.92 Å². The average molecular weight is 441 g/mol. The highest BCUT2D eigenvalue weighted by Gasteiger charge is 2.43. The van der Waals surface area contributed by atoms with Crippen LogP contribution in [0.3, 0.4) is 0 Å². The molecule has 2 heterocycles. The normalized spacial score (nSPS) is 40.2. The van der Waals surface area contributed by atoms with E-state index in [0.29, 0.717) is 24.0 Å². The van der Waals surface area contributed by atoms with Gasteiger partial charge in [-0.05, 0) is 63.8 Å². The van der Waals surface area contributed by atoms with Gasteiger partial charge in [-0.3, -0.25) is 10.1 Å². The molecule has 2 aliphatic heterocycles. The molecule has 8 heteroatoms. The van der Waals surface area contributed by atoms with Crippen LogP contribution in [0.15, 0.2) is 0 Å². The molecule has 2 saturated carbocycles. The van der Waals surface area contributed by atoms with Gasteiger partial charge in [0, 0.05) is 43.9 Å². The molecule has 0 radical (unpaired) electrons. The van der Waals surface area contributed by atoms with Crippen LogP contribution in [0.4, 0.5) is 0 Å². The van der Waals surface area contributed by atoms with Gasteiger partial charge in [-0.15, -0.1) is 0 Å².